The van der Waals surface area contributed by atoms with Crippen molar-refractivity contribution in [3.63, 3.8) is 0 Å². The van der Waals surface area contributed by atoms with Crippen LogP contribution in [-0.4, -0.2) is 18.6 Å². The van der Waals surface area contributed by atoms with Crippen LogP contribution >= 0.6 is 0 Å². The van der Waals surface area contributed by atoms with Crippen LogP contribution in [0.25, 0.3) is 0 Å². The van der Waals surface area contributed by atoms with E-state index in [2.05, 4.69) is 5.32 Å². The SMILES string of the molecule is N[C@@H](COCc1ccccc1)C(=O)Nc1cccc(Oc2ccccc2)c1. The Morgan fingerprint density at radius 1 is 0.889 bits per heavy atom. The molecule has 1 atom stereocenters. The molecule has 5 heteroatoms. The first-order chi connectivity index (χ1) is 13.2. The third-order valence-corrected chi connectivity index (χ3v) is 3.83. The van der Waals surface area contributed by atoms with Crippen molar-refractivity contribution >= 4 is 11.6 Å². The first kappa shape index (κ1) is 18.6. The number of amides is 1. The number of carbonyl (C=O) groups is 1. The number of nitrogens with one attached hydrogen (secondary N) is 1. The standard InChI is InChI=1S/C22H22N2O3/c23-21(16-26-15-17-8-3-1-4-9-17)22(25)24-18-10-7-13-20(14-18)27-19-11-5-2-6-12-19/h1-14,21H,15-16,23H2,(H,24,25)/t21-/m0/s1. The van der Waals surface area contributed by atoms with Crippen LogP contribution in [0.5, 0.6) is 11.5 Å². The minimum atomic E-state index is -0.757. The fraction of sp³-hybridized carbons (Fsp3) is 0.136. The quantitative estimate of drug-likeness (QED) is 0.636. The summed E-state index contributed by atoms with van der Waals surface area (Å²) >= 11 is 0. The number of para-hydroxylation sites is 1. The Morgan fingerprint density at radius 3 is 2.30 bits per heavy atom. The summed E-state index contributed by atoms with van der Waals surface area (Å²) in [5.74, 6) is 1.06. The number of carbonyl (C=O) groups excluding carboxylic acids is 1. The summed E-state index contributed by atoms with van der Waals surface area (Å²) in [5, 5.41) is 2.79. The zero-order valence-corrected chi connectivity index (χ0v) is 14.9. The lowest BCUT2D eigenvalue weighted by molar-refractivity contribution is -0.118. The van der Waals surface area contributed by atoms with Gasteiger partial charge in [-0.2, -0.15) is 0 Å². The molecule has 138 valence electrons. The highest BCUT2D eigenvalue weighted by Gasteiger charge is 2.14. The molecule has 0 radical (unpaired) electrons. The van der Waals surface area contributed by atoms with Crippen molar-refractivity contribution in [2.24, 2.45) is 5.73 Å². The highest BCUT2D eigenvalue weighted by Crippen LogP contribution is 2.23. The molecule has 3 aromatic carbocycles. The van der Waals surface area contributed by atoms with Crippen molar-refractivity contribution in [3.05, 3.63) is 90.5 Å². The van der Waals surface area contributed by atoms with Crippen LogP contribution in [0, 0.1) is 0 Å². The molecule has 0 saturated heterocycles. The molecule has 0 bridgehead atoms. The Balaban J connectivity index is 1.50. The number of nitrogens with two attached hydrogens (primary N) is 1. The van der Waals surface area contributed by atoms with Gasteiger partial charge in [0.1, 0.15) is 17.5 Å². The molecule has 5 nitrogen and oxygen atoms in total. The first-order valence-corrected chi connectivity index (χ1v) is 8.72. The second kappa shape index (κ2) is 9.52. The van der Waals surface area contributed by atoms with Crippen LogP contribution in [0.4, 0.5) is 5.69 Å². The van der Waals surface area contributed by atoms with Crippen molar-refractivity contribution in [2.75, 3.05) is 11.9 Å². The minimum Gasteiger partial charge on any atom is -0.457 e. The zero-order valence-electron chi connectivity index (χ0n) is 14.9. The van der Waals surface area contributed by atoms with E-state index in [1.807, 2.05) is 72.8 Å². The zero-order chi connectivity index (χ0) is 18.9. The molecular weight excluding hydrogens is 340 g/mol. The number of rotatable bonds is 8. The van der Waals surface area contributed by atoms with Crippen LogP contribution in [0.3, 0.4) is 0 Å². The molecule has 3 rings (SSSR count). The predicted molar refractivity (Wildman–Crippen MR) is 106 cm³/mol. The van der Waals surface area contributed by atoms with Gasteiger partial charge in [-0.25, -0.2) is 0 Å². The van der Waals surface area contributed by atoms with E-state index < -0.39 is 6.04 Å². The number of benzene rings is 3. The van der Waals surface area contributed by atoms with E-state index in [9.17, 15) is 4.79 Å². The number of hydrogen-bond donors (Lipinski definition) is 2. The van der Waals surface area contributed by atoms with Crippen molar-refractivity contribution in [2.45, 2.75) is 12.6 Å². The van der Waals surface area contributed by atoms with Crippen molar-refractivity contribution in [1.82, 2.24) is 0 Å². The third kappa shape index (κ3) is 5.95. The topological polar surface area (TPSA) is 73.6 Å². The first-order valence-electron chi connectivity index (χ1n) is 8.72. The average molecular weight is 362 g/mol. The summed E-state index contributed by atoms with van der Waals surface area (Å²) in [5.41, 5.74) is 7.58. The summed E-state index contributed by atoms with van der Waals surface area (Å²) in [6.07, 6.45) is 0. The molecule has 3 N–H and O–H groups in total. The van der Waals surface area contributed by atoms with Gasteiger partial charge in [0, 0.05) is 11.8 Å². The molecule has 0 heterocycles. The van der Waals surface area contributed by atoms with Crippen molar-refractivity contribution < 1.29 is 14.3 Å². The van der Waals surface area contributed by atoms with Crippen LogP contribution in [-0.2, 0) is 16.1 Å². The highest BCUT2D eigenvalue weighted by molar-refractivity contribution is 5.94. The molecule has 0 aliphatic rings. The maximum atomic E-state index is 12.3. The van der Waals surface area contributed by atoms with Gasteiger partial charge in [0.15, 0.2) is 0 Å². The van der Waals surface area contributed by atoms with E-state index >= 15 is 0 Å². The summed E-state index contributed by atoms with van der Waals surface area (Å²) in [4.78, 5) is 12.3. The van der Waals surface area contributed by atoms with Gasteiger partial charge >= 0.3 is 0 Å². The minimum absolute atomic E-state index is 0.140. The van der Waals surface area contributed by atoms with Gasteiger partial charge in [-0.1, -0.05) is 54.6 Å². The molecule has 1 amide bonds. The van der Waals surface area contributed by atoms with Crippen molar-refractivity contribution in [1.29, 1.82) is 0 Å². The lowest BCUT2D eigenvalue weighted by Gasteiger charge is -2.13. The molecule has 3 aromatic rings. The molecule has 0 saturated carbocycles. The van der Waals surface area contributed by atoms with E-state index in [1.54, 1.807) is 12.1 Å². The summed E-state index contributed by atoms with van der Waals surface area (Å²) in [6.45, 7) is 0.559. The van der Waals surface area contributed by atoms with Crippen LogP contribution < -0.4 is 15.8 Å². The summed E-state index contributed by atoms with van der Waals surface area (Å²) in [6, 6.07) is 25.6. The molecule has 0 aromatic heterocycles. The van der Waals surface area contributed by atoms with Crippen LogP contribution in [0.2, 0.25) is 0 Å². The molecule has 0 aliphatic heterocycles. The highest BCUT2D eigenvalue weighted by atomic mass is 16.5. The Labute approximate surface area is 158 Å². The van der Waals surface area contributed by atoms with Crippen LogP contribution in [0.15, 0.2) is 84.9 Å². The maximum Gasteiger partial charge on any atom is 0.243 e. The van der Waals surface area contributed by atoms with Crippen molar-refractivity contribution in [3.8, 4) is 11.5 Å². The normalized spacial score (nSPS) is 11.6. The molecular formula is C22H22N2O3. The number of anilines is 1. The van der Waals surface area contributed by atoms with E-state index in [0.29, 0.717) is 18.0 Å². The average Bonchev–Trinajstić information content (AvgIpc) is 2.70. The molecule has 0 aliphatic carbocycles. The fourth-order valence-corrected chi connectivity index (χ4v) is 2.45. The third-order valence-electron chi connectivity index (χ3n) is 3.83. The Hall–Kier alpha value is -3.15. The number of hydrogen-bond acceptors (Lipinski definition) is 4. The largest absolute Gasteiger partial charge is 0.457 e. The molecule has 27 heavy (non-hydrogen) atoms. The number of ether oxygens (including phenoxy) is 2. The molecule has 0 fully saturated rings. The van der Waals surface area contributed by atoms with Gasteiger partial charge in [0.2, 0.25) is 5.91 Å². The van der Waals surface area contributed by atoms with Gasteiger partial charge in [0.25, 0.3) is 0 Å². The van der Waals surface area contributed by atoms with E-state index in [4.69, 9.17) is 15.2 Å². The van der Waals surface area contributed by atoms with Gasteiger partial charge in [-0.05, 0) is 29.8 Å². The summed E-state index contributed by atoms with van der Waals surface area (Å²) in [7, 11) is 0. The van der Waals surface area contributed by atoms with E-state index in [1.165, 1.54) is 0 Å². The molecule has 0 unspecified atom stereocenters. The smallest absolute Gasteiger partial charge is 0.243 e. The molecule has 0 spiro atoms. The maximum absolute atomic E-state index is 12.3. The Bertz CT molecular complexity index is 854. The second-order valence-electron chi connectivity index (χ2n) is 6.04. The van der Waals surface area contributed by atoms with E-state index in [-0.39, 0.29) is 12.5 Å². The fourth-order valence-electron chi connectivity index (χ4n) is 2.45. The lowest BCUT2D eigenvalue weighted by Crippen LogP contribution is -2.39. The lowest BCUT2D eigenvalue weighted by atomic mass is 10.2. The predicted octanol–water partition coefficient (Wildman–Crippen LogP) is 3.96. The van der Waals surface area contributed by atoms with E-state index in [0.717, 1.165) is 11.3 Å². The Morgan fingerprint density at radius 2 is 1.56 bits per heavy atom. The van der Waals surface area contributed by atoms with Crippen LogP contribution in [0.1, 0.15) is 5.56 Å². The van der Waals surface area contributed by atoms with Gasteiger partial charge in [-0.15, -0.1) is 0 Å². The second-order valence-corrected chi connectivity index (χ2v) is 6.04. The summed E-state index contributed by atoms with van der Waals surface area (Å²) < 4.78 is 11.3. The Kier molecular flexibility index (Phi) is 6.57. The van der Waals surface area contributed by atoms with Gasteiger partial charge in [-0.3, -0.25) is 4.79 Å². The van der Waals surface area contributed by atoms with Gasteiger partial charge in [0.05, 0.1) is 13.2 Å². The monoisotopic (exact) mass is 362 g/mol. The van der Waals surface area contributed by atoms with Gasteiger partial charge < -0.3 is 20.5 Å².